The largest absolute Gasteiger partial charge is 0.379 e. The monoisotopic (exact) mass is 489 g/mol. The van der Waals surface area contributed by atoms with E-state index in [2.05, 4.69) is 4.90 Å². The fourth-order valence-corrected chi connectivity index (χ4v) is 6.47. The van der Waals surface area contributed by atoms with E-state index < -0.39 is 22.0 Å². The van der Waals surface area contributed by atoms with Crippen LogP contribution in [0.3, 0.4) is 0 Å². The molecule has 2 heterocycles. The average molecular weight is 490 g/mol. The molecule has 8 nitrogen and oxygen atoms in total. The Kier molecular flexibility index (Phi) is 7.74. The van der Waals surface area contributed by atoms with Gasteiger partial charge in [0, 0.05) is 30.9 Å². The van der Waals surface area contributed by atoms with E-state index in [1.165, 1.54) is 4.31 Å². The topological polar surface area (TPSA) is 99.2 Å². The molecule has 0 aliphatic carbocycles. The summed E-state index contributed by atoms with van der Waals surface area (Å²) in [5.74, 6) is -1.04. The van der Waals surface area contributed by atoms with E-state index in [-0.39, 0.29) is 12.3 Å². The maximum absolute atomic E-state index is 13.7. The maximum atomic E-state index is 13.7. The second kappa shape index (κ2) is 10.7. The van der Waals surface area contributed by atoms with E-state index >= 15 is 0 Å². The first-order valence-corrected chi connectivity index (χ1v) is 13.2. The predicted octanol–water partition coefficient (Wildman–Crippen LogP) is 2.61. The van der Waals surface area contributed by atoms with E-state index in [1.807, 2.05) is 23.6 Å². The minimum atomic E-state index is -3.92. The minimum Gasteiger partial charge on any atom is -0.379 e. The van der Waals surface area contributed by atoms with Crippen molar-refractivity contribution < 1.29 is 23.2 Å². The lowest BCUT2D eigenvalue weighted by atomic mass is 10.1. The van der Waals surface area contributed by atoms with E-state index in [0.717, 1.165) is 10.1 Å². The normalized spacial score (nSPS) is 16.2. The molecule has 1 unspecified atom stereocenters. The molecule has 0 saturated carbocycles. The first-order valence-electron chi connectivity index (χ1n) is 10.7. The summed E-state index contributed by atoms with van der Waals surface area (Å²) < 4.78 is 35.1. The number of benzene rings is 2. The van der Waals surface area contributed by atoms with Crippen LogP contribution in [0.2, 0.25) is 0 Å². The lowest BCUT2D eigenvalue weighted by Gasteiger charge is -2.33. The zero-order valence-corrected chi connectivity index (χ0v) is 19.7. The van der Waals surface area contributed by atoms with Crippen molar-refractivity contribution in [2.24, 2.45) is 0 Å². The molecular weight excluding hydrogens is 462 g/mol. The van der Waals surface area contributed by atoms with Gasteiger partial charge in [-0.05, 0) is 40.1 Å². The number of nitrogens with zero attached hydrogens (tertiary/aromatic N) is 2. The van der Waals surface area contributed by atoms with Gasteiger partial charge >= 0.3 is 0 Å². The van der Waals surface area contributed by atoms with Crippen molar-refractivity contribution in [3.63, 3.8) is 0 Å². The molecule has 10 heteroatoms. The molecule has 2 aromatic carbocycles. The van der Waals surface area contributed by atoms with E-state index in [4.69, 9.17) is 4.74 Å². The van der Waals surface area contributed by atoms with Crippen LogP contribution in [0.15, 0.2) is 60.0 Å². The zero-order chi connectivity index (χ0) is 23.3. The Hall–Kier alpha value is -2.34. The van der Waals surface area contributed by atoms with Gasteiger partial charge in [-0.15, -0.1) is 11.3 Å². The molecule has 1 aromatic heterocycles. The van der Waals surface area contributed by atoms with Gasteiger partial charge in [0.05, 0.1) is 19.0 Å². The molecule has 33 heavy (non-hydrogen) atoms. The summed E-state index contributed by atoms with van der Waals surface area (Å²) in [6.45, 7) is 3.14. The maximum Gasteiger partial charge on any atom is 0.266 e. The van der Waals surface area contributed by atoms with Gasteiger partial charge in [0.2, 0.25) is 10.0 Å². The summed E-state index contributed by atoms with van der Waals surface area (Å²) in [4.78, 5) is 14.9. The Morgan fingerprint density at radius 2 is 1.91 bits per heavy atom. The fraction of sp³-hybridized carbons (Fsp3) is 0.348. The van der Waals surface area contributed by atoms with Gasteiger partial charge in [-0.25, -0.2) is 13.9 Å². The van der Waals surface area contributed by atoms with Crippen LogP contribution >= 0.6 is 11.3 Å². The van der Waals surface area contributed by atoms with Crippen molar-refractivity contribution in [1.29, 1.82) is 0 Å². The fourth-order valence-electron chi connectivity index (χ4n) is 4.04. The summed E-state index contributed by atoms with van der Waals surface area (Å²) in [7, 11) is -3.92. The Morgan fingerprint density at radius 1 is 1.15 bits per heavy atom. The van der Waals surface area contributed by atoms with Gasteiger partial charge in [0.1, 0.15) is 6.04 Å². The molecule has 1 atom stereocenters. The minimum absolute atomic E-state index is 0.107. The number of sulfonamides is 1. The highest BCUT2D eigenvalue weighted by atomic mass is 32.2. The number of carbonyl (C=O) groups is 1. The molecule has 0 bridgehead atoms. The Labute approximate surface area is 197 Å². The summed E-state index contributed by atoms with van der Waals surface area (Å²) in [6, 6.07) is 15.0. The van der Waals surface area contributed by atoms with Gasteiger partial charge in [-0.3, -0.25) is 14.9 Å². The standard InChI is InChI=1S/C23H27N3O5S2/c27-23(24-28)22(19-4-2-1-3-5-19)26(10-9-25-11-13-31-14-12-25)33(29,30)17-18-6-7-21-20(16-18)8-15-32-21/h1-8,15-16,22,28H,9-14,17H2,(H,24,27). The highest BCUT2D eigenvalue weighted by Crippen LogP contribution is 2.28. The average Bonchev–Trinajstić information content (AvgIpc) is 3.30. The first kappa shape index (κ1) is 23.8. The van der Waals surface area contributed by atoms with Crippen molar-refractivity contribution in [1.82, 2.24) is 14.7 Å². The predicted molar refractivity (Wildman–Crippen MR) is 128 cm³/mol. The molecule has 1 fully saturated rings. The van der Waals surface area contributed by atoms with Crippen LogP contribution in [0.25, 0.3) is 10.1 Å². The molecule has 1 aliphatic rings. The van der Waals surface area contributed by atoms with Crippen molar-refractivity contribution in [3.8, 4) is 0 Å². The lowest BCUT2D eigenvalue weighted by molar-refractivity contribution is -0.133. The van der Waals surface area contributed by atoms with Crippen LogP contribution in [0.4, 0.5) is 0 Å². The zero-order valence-electron chi connectivity index (χ0n) is 18.1. The number of rotatable bonds is 9. The molecule has 4 rings (SSSR count). The highest BCUT2D eigenvalue weighted by Gasteiger charge is 2.36. The summed E-state index contributed by atoms with van der Waals surface area (Å²) >= 11 is 1.60. The van der Waals surface area contributed by atoms with Crippen LogP contribution in [-0.4, -0.2) is 68.1 Å². The van der Waals surface area contributed by atoms with Crippen molar-refractivity contribution >= 4 is 37.4 Å². The number of hydrogen-bond donors (Lipinski definition) is 2. The van der Waals surface area contributed by atoms with Gasteiger partial charge in [-0.1, -0.05) is 36.4 Å². The number of thiophene rings is 1. The highest BCUT2D eigenvalue weighted by molar-refractivity contribution is 7.88. The SMILES string of the molecule is O=C(NO)C(c1ccccc1)N(CCN1CCOCC1)S(=O)(=O)Cc1ccc2sccc2c1. The Balaban J connectivity index is 1.66. The third-order valence-electron chi connectivity index (χ3n) is 5.73. The molecule has 1 saturated heterocycles. The van der Waals surface area contributed by atoms with E-state index in [9.17, 15) is 18.4 Å². The van der Waals surface area contributed by atoms with Crippen molar-refractivity contribution in [2.75, 3.05) is 39.4 Å². The summed E-state index contributed by atoms with van der Waals surface area (Å²) in [6.07, 6.45) is 0. The van der Waals surface area contributed by atoms with Gasteiger partial charge in [0.25, 0.3) is 5.91 Å². The Morgan fingerprint density at radius 3 is 2.64 bits per heavy atom. The van der Waals surface area contributed by atoms with Gasteiger partial charge < -0.3 is 4.74 Å². The molecule has 2 N–H and O–H groups in total. The van der Waals surface area contributed by atoms with E-state index in [1.54, 1.807) is 53.2 Å². The first-order chi connectivity index (χ1) is 16.0. The third-order valence-corrected chi connectivity index (χ3v) is 8.43. The van der Waals surface area contributed by atoms with Crippen LogP contribution in [0, 0.1) is 0 Å². The summed E-state index contributed by atoms with van der Waals surface area (Å²) in [5.41, 5.74) is 2.80. The number of nitrogens with one attached hydrogen (secondary N) is 1. The number of morpholine rings is 1. The number of ether oxygens (including phenoxy) is 1. The third kappa shape index (κ3) is 5.78. The second-order valence-electron chi connectivity index (χ2n) is 7.90. The van der Waals surface area contributed by atoms with E-state index in [0.29, 0.717) is 44.0 Å². The number of amides is 1. The Bertz CT molecular complexity index is 1180. The molecule has 1 amide bonds. The number of hydroxylamine groups is 1. The van der Waals surface area contributed by atoms with Crippen molar-refractivity contribution in [3.05, 3.63) is 71.1 Å². The molecule has 1 aliphatic heterocycles. The lowest BCUT2D eigenvalue weighted by Crippen LogP contribution is -2.48. The van der Waals surface area contributed by atoms with Crippen LogP contribution < -0.4 is 5.48 Å². The van der Waals surface area contributed by atoms with Crippen molar-refractivity contribution in [2.45, 2.75) is 11.8 Å². The second-order valence-corrected chi connectivity index (χ2v) is 10.8. The molecule has 3 aromatic rings. The number of hydrogen-bond acceptors (Lipinski definition) is 7. The van der Waals surface area contributed by atoms with Gasteiger partial charge in [0.15, 0.2) is 0 Å². The summed E-state index contributed by atoms with van der Waals surface area (Å²) in [5, 5.41) is 12.4. The van der Waals surface area contributed by atoms with Crippen LogP contribution in [-0.2, 0) is 25.3 Å². The molecule has 176 valence electrons. The van der Waals surface area contributed by atoms with Crippen LogP contribution in [0.5, 0.6) is 0 Å². The van der Waals surface area contributed by atoms with Crippen LogP contribution in [0.1, 0.15) is 17.2 Å². The molecular formula is C23H27N3O5S2. The van der Waals surface area contributed by atoms with Gasteiger partial charge in [-0.2, -0.15) is 4.31 Å². The number of carbonyl (C=O) groups excluding carboxylic acids is 1. The number of fused-ring (bicyclic) bond motifs is 1. The molecule has 0 spiro atoms. The molecule has 0 radical (unpaired) electrons. The quantitative estimate of drug-likeness (QED) is 0.354. The smallest absolute Gasteiger partial charge is 0.266 e.